The van der Waals surface area contributed by atoms with Gasteiger partial charge in [-0.15, -0.1) is 0 Å². The Balaban J connectivity index is 0.00000225. The molecule has 0 heterocycles. The third-order valence-corrected chi connectivity index (χ3v) is 3.08. The van der Waals surface area contributed by atoms with Crippen LogP contribution >= 0.6 is 15.9 Å². The first-order valence-electron chi connectivity index (χ1n) is 4.20. The molecule has 0 N–H and O–H groups in total. The van der Waals surface area contributed by atoms with Crippen molar-refractivity contribution in [3.05, 3.63) is 23.8 Å². The molecule has 0 fully saturated rings. The Bertz CT molecular complexity index is 447. The number of ether oxygens (including phenoxy) is 1. The Morgan fingerprint density at radius 2 is 2.06 bits per heavy atom. The van der Waals surface area contributed by atoms with Crippen molar-refractivity contribution < 1.29 is 47.3 Å². The van der Waals surface area contributed by atoms with Gasteiger partial charge >= 0.3 is 29.6 Å². The van der Waals surface area contributed by atoms with E-state index in [0.717, 1.165) is 0 Å². The van der Waals surface area contributed by atoms with Gasteiger partial charge in [0.05, 0.1) is 11.5 Å². The van der Waals surface area contributed by atoms with Crippen LogP contribution in [0.15, 0.2) is 23.1 Å². The smallest absolute Gasteiger partial charge is 0.744 e. The molecule has 16 heavy (non-hydrogen) atoms. The van der Waals surface area contributed by atoms with Crippen molar-refractivity contribution in [2.24, 2.45) is 0 Å². The van der Waals surface area contributed by atoms with Crippen LogP contribution in [0.2, 0.25) is 0 Å². The number of alkyl halides is 1. The molecular formula is C9H10BrNaO4S. The normalized spacial score (nSPS) is 10.7. The van der Waals surface area contributed by atoms with E-state index in [2.05, 4.69) is 15.9 Å². The van der Waals surface area contributed by atoms with Crippen LogP contribution in [0.4, 0.5) is 0 Å². The molecule has 0 atom stereocenters. The van der Waals surface area contributed by atoms with Crippen molar-refractivity contribution in [3.8, 4) is 5.75 Å². The summed E-state index contributed by atoms with van der Waals surface area (Å²) < 4.78 is 37.8. The van der Waals surface area contributed by atoms with E-state index in [1.807, 2.05) is 0 Å². The van der Waals surface area contributed by atoms with Crippen molar-refractivity contribution in [2.45, 2.75) is 11.8 Å². The van der Waals surface area contributed by atoms with E-state index in [0.29, 0.717) is 23.2 Å². The summed E-state index contributed by atoms with van der Waals surface area (Å²) in [5.74, 6) is 0.384. The zero-order valence-corrected chi connectivity index (χ0v) is 13.5. The van der Waals surface area contributed by atoms with Gasteiger partial charge in [0.15, 0.2) is 0 Å². The number of rotatable bonds is 4. The molecule has 7 heteroatoms. The maximum atomic E-state index is 10.9. The molecule has 0 aromatic heterocycles. The van der Waals surface area contributed by atoms with Crippen LogP contribution in [-0.4, -0.2) is 24.9 Å². The fourth-order valence-electron chi connectivity index (χ4n) is 1.10. The minimum Gasteiger partial charge on any atom is -0.744 e. The van der Waals surface area contributed by atoms with Gasteiger partial charge in [0.1, 0.15) is 15.9 Å². The molecule has 4 nitrogen and oxygen atoms in total. The summed E-state index contributed by atoms with van der Waals surface area (Å²) in [5, 5.41) is 0.639. The molecule has 1 aromatic rings. The maximum Gasteiger partial charge on any atom is 1.00 e. The predicted molar refractivity (Wildman–Crippen MR) is 58.4 cm³/mol. The van der Waals surface area contributed by atoms with Crippen LogP contribution in [0.5, 0.6) is 5.75 Å². The fraction of sp³-hybridized carbons (Fsp3) is 0.333. The van der Waals surface area contributed by atoms with Crippen LogP contribution in [0, 0.1) is 6.92 Å². The Labute approximate surface area is 126 Å². The molecule has 0 aliphatic rings. The van der Waals surface area contributed by atoms with Crippen molar-refractivity contribution in [3.63, 3.8) is 0 Å². The molecule has 0 spiro atoms. The predicted octanol–water partition coefficient (Wildman–Crippen LogP) is -1.32. The van der Waals surface area contributed by atoms with Crippen molar-refractivity contribution in [1.82, 2.24) is 0 Å². The summed E-state index contributed by atoms with van der Waals surface area (Å²) in [6.45, 7) is 1.99. The van der Waals surface area contributed by atoms with Crippen LogP contribution in [0.25, 0.3) is 0 Å². The Morgan fingerprint density at radius 3 is 2.56 bits per heavy atom. The molecule has 0 radical (unpaired) electrons. The largest absolute Gasteiger partial charge is 1.00 e. The van der Waals surface area contributed by atoms with Crippen molar-refractivity contribution in [1.29, 1.82) is 0 Å². The topological polar surface area (TPSA) is 66.4 Å². The molecule has 84 valence electrons. The summed E-state index contributed by atoms with van der Waals surface area (Å²) in [4.78, 5) is -0.227. The standard InChI is InChI=1S/C9H11BrO4S.Na/c1-7-2-3-8(14-5-4-10)6-9(7)15(11,12)13;/h2-3,6H,4-5H2,1H3,(H,11,12,13);/q;+1/p-1. The van der Waals surface area contributed by atoms with E-state index >= 15 is 0 Å². The molecule has 0 saturated heterocycles. The molecule has 0 aliphatic carbocycles. The van der Waals surface area contributed by atoms with Crippen LogP contribution in [0.3, 0.4) is 0 Å². The number of benzene rings is 1. The van der Waals surface area contributed by atoms with Gasteiger partial charge in [-0.05, 0) is 24.6 Å². The van der Waals surface area contributed by atoms with Gasteiger partial charge in [-0.1, -0.05) is 22.0 Å². The summed E-state index contributed by atoms with van der Waals surface area (Å²) in [7, 11) is -4.42. The average Bonchev–Trinajstić information content (AvgIpc) is 2.15. The monoisotopic (exact) mass is 316 g/mol. The molecule has 0 bridgehead atoms. The summed E-state index contributed by atoms with van der Waals surface area (Å²) in [5.41, 5.74) is 0.427. The second kappa shape index (κ2) is 6.98. The first-order chi connectivity index (χ1) is 6.95. The van der Waals surface area contributed by atoms with E-state index in [1.165, 1.54) is 6.07 Å². The summed E-state index contributed by atoms with van der Waals surface area (Å²) >= 11 is 3.17. The second-order valence-corrected chi connectivity index (χ2v) is 5.06. The average molecular weight is 317 g/mol. The number of hydrogen-bond donors (Lipinski definition) is 0. The van der Waals surface area contributed by atoms with Gasteiger partial charge in [-0.2, -0.15) is 0 Å². The van der Waals surface area contributed by atoms with Crippen LogP contribution in [-0.2, 0) is 10.1 Å². The van der Waals surface area contributed by atoms with E-state index in [-0.39, 0.29) is 34.5 Å². The van der Waals surface area contributed by atoms with Gasteiger partial charge in [-0.3, -0.25) is 0 Å². The number of aryl methyl sites for hydroxylation is 1. The molecule has 0 saturated carbocycles. The molecule has 1 aromatic carbocycles. The quantitative estimate of drug-likeness (QED) is 0.392. The van der Waals surface area contributed by atoms with Gasteiger partial charge in [0, 0.05) is 5.33 Å². The van der Waals surface area contributed by atoms with Gasteiger partial charge in [0.2, 0.25) is 0 Å². The molecule has 1 rings (SSSR count). The first kappa shape index (κ1) is 16.4. The Morgan fingerprint density at radius 1 is 1.44 bits per heavy atom. The van der Waals surface area contributed by atoms with Gasteiger partial charge in [0.25, 0.3) is 0 Å². The van der Waals surface area contributed by atoms with Gasteiger partial charge in [-0.25, -0.2) is 8.42 Å². The number of halogens is 1. The Hall–Kier alpha value is 0.410. The zero-order valence-electron chi connectivity index (χ0n) is 9.07. The van der Waals surface area contributed by atoms with E-state index in [4.69, 9.17) is 4.74 Å². The third kappa shape index (κ3) is 4.73. The second-order valence-electron chi connectivity index (χ2n) is 2.92. The van der Waals surface area contributed by atoms with Crippen LogP contribution in [0.1, 0.15) is 5.56 Å². The van der Waals surface area contributed by atoms with Crippen molar-refractivity contribution in [2.75, 3.05) is 11.9 Å². The maximum absolute atomic E-state index is 10.9. The van der Waals surface area contributed by atoms with Gasteiger partial charge < -0.3 is 9.29 Å². The minimum atomic E-state index is -4.42. The van der Waals surface area contributed by atoms with Crippen LogP contribution < -0.4 is 34.3 Å². The first-order valence-corrected chi connectivity index (χ1v) is 6.73. The summed E-state index contributed by atoms with van der Waals surface area (Å²) in [6.07, 6.45) is 0. The third-order valence-electron chi connectivity index (χ3n) is 1.77. The molecule has 0 unspecified atom stereocenters. The molecule has 0 aliphatic heterocycles. The summed E-state index contributed by atoms with van der Waals surface area (Å²) in [6, 6.07) is 4.43. The number of hydrogen-bond acceptors (Lipinski definition) is 4. The van der Waals surface area contributed by atoms with Crippen molar-refractivity contribution >= 4 is 26.0 Å². The van der Waals surface area contributed by atoms with E-state index in [9.17, 15) is 13.0 Å². The SMILES string of the molecule is Cc1ccc(OCCBr)cc1S(=O)(=O)[O-].[Na+]. The molecule has 0 amide bonds. The zero-order chi connectivity index (χ0) is 11.5. The van der Waals surface area contributed by atoms with E-state index < -0.39 is 10.1 Å². The Kier molecular flexibility index (Phi) is 7.16. The molecular weight excluding hydrogens is 307 g/mol. The minimum absolute atomic E-state index is 0. The fourth-order valence-corrected chi connectivity index (χ4v) is 1.98. The van der Waals surface area contributed by atoms with E-state index in [1.54, 1.807) is 19.1 Å².